The van der Waals surface area contributed by atoms with Crippen LogP contribution in [0.2, 0.25) is 5.02 Å². The molecule has 1 saturated carbocycles. The summed E-state index contributed by atoms with van der Waals surface area (Å²) >= 11 is 6.24. The Hall–Kier alpha value is -5.67. The molecule has 2 N–H and O–H groups in total. The molecule has 1 unspecified atom stereocenters. The van der Waals surface area contributed by atoms with E-state index in [1.54, 1.807) is 30.3 Å². The van der Waals surface area contributed by atoms with E-state index in [2.05, 4.69) is 53.9 Å². The van der Waals surface area contributed by atoms with E-state index in [1.807, 2.05) is 36.7 Å². The number of nitriles is 1. The van der Waals surface area contributed by atoms with Gasteiger partial charge in [0.05, 0.1) is 21.7 Å². The van der Waals surface area contributed by atoms with Crippen LogP contribution in [-0.4, -0.2) is 70.3 Å². The smallest absolute Gasteiger partial charge is 0.262 e. The number of benzene rings is 3. The number of nitrogens with zero attached hydrogens (tertiary/aromatic N) is 4. The highest BCUT2D eigenvalue weighted by Crippen LogP contribution is 2.55. The van der Waals surface area contributed by atoms with Gasteiger partial charge in [-0.25, -0.2) is 0 Å². The summed E-state index contributed by atoms with van der Waals surface area (Å²) < 4.78 is 8.50. The van der Waals surface area contributed by atoms with E-state index in [1.165, 1.54) is 0 Å². The number of nitrogens with one attached hydrogen (secondary N) is 2. The highest BCUT2D eigenvalue weighted by Gasteiger charge is 2.64. The van der Waals surface area contributed by atoms with Gasteiger partial charge in [0, 0.05) is 83.4 Å². The Morgan fingerprint density at radius 2 is 1.54 bits per heavy atom. The number of aromatic nitrogens is 1. The van der Waals surface area contributed by atoms with Gasteiger partial charge in [0.1, 0.15) is 24.0 Å². The minimum absolute atomic E-state index is 0.0813. The molecule has 8 rings (SSSR count). The van der Waals surface area contributed by atoms with Gasteiger partial charge in [-0.05, 0) is 73.7 Å². The number of carbonyl (C=O) groups excluding carboxylic acids is 5. The molecule has 1 atom stereocenters. The Labute approximate surface area is 329 Å². The molecule has 13 heteroatoms. The highest BCUT2D eigenvalue weighted by atomic mass is 35.5. The van der Waals surface area contributed by atoms with E-state index in [-0.39, 0.29) is 52.9 Å². The van der Waals surface area contributed by atoms with Crippen LogP contribution in [0.15, 0.2) is 67.0 Å². The first-order valence-electron chi connectivity index (χ1n) is 19.0. The standard InChI is InChI=1S/C43H43ClN6O6/c1-42(2)40(43(3,4)41(42)56-30-10-7-26(20-45)33(44)19-30)47-36(52)25-5-8-29(9-6-25)49-15-13-24(14-16-49)21-48-22-27-17-31-32(18-28(27)23-48)39(55)50(38(31)54)34-11-12-35(51)46-37(34)53/h5-10,17-19,22-24,34,40-41H,11-16,21H2,1-4H3,(H,47,52)(H,46,51,53). The van der Waals surface area contributed by atoms with Crippen molar-refractivity contribution in [1.82, 2.24) is 20.1 Å². The lowest BCUT2D eigenvalue weighted by Gasteiger charge is -2.63. The van der Waals surface area contributed by atoms with Gasteiger partial charge in [-0.1, -0.05) is 39.3 Å². The fourth-order valence-corrected chi connectivity index (χ4v) is 9.79. The van der Waals surface area contributed by atoms with Crippen molar-refractivity contribution in [1.29, 1.82) is 5.26 Å². The van der Waals surface area contributed by atoms with Crippen molar-refractivity contribution < 1.29 is 28.7 Å². The second kappa shape index (κ2) is 13.8. The normalized spacial score (nSPS) is 23.0. The highest BCUT2D eigenvalue weighted by molar-refractivity contribution is 6.31. The first-order valence-corrected chi connectivity index (χ1v) is 19.4. The molecule has 0 radical (unpaired) electrons. The Bertz CT molecular complexity index is 2280. The predicted molar refractivity (Wildman–Crippen MR) is 209 cm³/mol. The molecule has 3 aliphatic heterocycles. The summed E-state index contributed by atoms with van der Waals surface area (Å²) in [6.07, 6.45) is 5.98. The number of imide groups is 2. The minimum atomic E-state index is -0.987. The van der Waals surface area contributed by atoms with E-state index in [4.69, 9.17) is 16.3 Å². The summed E-state index contributed by atoms with van der Waals surface area (Å²) in [7, 11) is 0. The van der Waals surface area contributed by atoms with Crippen LogP contribution < -0.4 is 20.3 Å². The SMILES string of the molecule is CC1(C)C(NC(=O)c2ccc(N3CCC(Cn4cc5cc6c(cc5c4)C(=O)N(C4CCC(=O)NC4=O)C6=O)CC3)cc2)C(C)(C)C1Oc1ccc(C#N)c(Cl)c1. The van der Waals surface area contributed by atoms with Crippen molar-refractivity contribution in [3.05, 3.63) is 94.3 Å². The molecule has 4 aliphatic rings. The lowest BCUT2D eigenvalue weighted by molar-refractivity contribution is -0.164. The largest absolute Gasteiger partial charge is 0.489 e. The van der Waals surface area contributed by atoms with Gasteiger partial charge >= 0.3 is 0 Å². The lowest BCUT2D eigenvalue weighted by atomic mass is 9.49. The zero-order valence-corrected chi connectivity index (χ0v) is 32.5. The van der Waals surface area contributed by atoms with E-state index in [9.17, 15) is 29.2 Å². The molecule has 12 nitrogen and oxygen atoms in total. The number of amides is 5. The molecular formula is C43H43ClN6O6. The predicted octanol–water partition coefficient (Wildman–Crippen LogP) is 6.10. The van der Waals surface area contributed by atoms with Crippen LogP contribution in [0, 0.1) is 28.1 Å². The van der Waals surface area contributed by atoms with Crippen LogP contribution in [0.3, 0.4) is 0 Å². The topological polar surface area (TPSA) is 154 Å². The number of rotatable bonds is 8. The number of ether oxygens (including phenoxy) is 1. The van der Waals surface area contributed by atoms with Crippen molar-refractivity contribution >= 4 is 57.6 Å². The Morgan fingerprint density at radius 3 is 2.11 bits per heavy atom. The molecule has 0 bridgehead atoms. The molecule has 2 saturated heterocycles. The van der Waals surface area contributed by atoms with Gasteiger partial charge in [0.2, 0.25) is 11.8 Å². The van der Waals surface area contributed by atoms with Gasteiger partial charge in [0.25, 0.3) is 17.7 Å². The molecular weight excluding hydrogens is 732 g/mol. The summed E-state index contributed by atoms with van der Waals surface area (Å²) in [5.74, 6) is -1.14. The Balaban J connectivity index is 0.849. The average molecular weight is 775 g/mol. The summed E-state index contributed by atoms with van der Waals surface area (Å²) in [4.78, 5) is 67.4. The van der Waals surface area contributed by atoms with Gasteiger partial charge in [-0.2, -0.15) is 5.26 Å². The Kier molecular flexibility index (Phi) is 9.19. The second-order valence-corrected chi connectivity index (χ2v) is 17.1. The maximum absolute atomic E-state index is 13.5. The van der Waals surface area contributed by atoms with Crippen LogP contribution in [0.25, 0.3) is 10.8 Å². The molecule has 4 heterocycles. The van der Waals surface area contributed by atoms with Crippen molar-refractivity contribution in [3.63, 3.8) is 0 Å². The second-order valence-electron chi connectivity index (χ2n) is 16.7. The van der Waals surface area contributed by atoms with Gasteiger partial charge in [-0.15, -0.1) is 0 Å². The third kappa shape index (κ3) is 6.37. The third-order valence-electron chi connectivity index (χ3n) is 12.3. The Morgan fingerprint density at radius 1 is 0.911 bits per heavy atom. The average Bonchev–Trinajstić information content (AvgIpc) is 3.67. The maximum Gasteiger partial charge on any atom is 0.262 e. The van der Waals surface area contributed by atoms with Crippen molar-refractivity contribution in [2.45, 2.75) is 78.1 Å². The zero-order chi connectivity index (χ0) is 39.7. The first-order chi connectivity index (χ1) is 26.6. The molecule has 1 aromatic heterocycles. The fourth-order valence-electron chi connectivity index (χ4n) is 9.58. The van der Waals surface area contributed by atoms with Crippen LogP contribution >= 0.6 is 11.6 Å². The number of hydrogen-bond donors (Lipinski definition) is 2. The lowest BCUT2D eigenvalue weighted by Crippen LogP contribution is -2.74. The monoisotopic (exact) mass is 774 g/mol. The molecule has 288 valence electrons. The first kappa shape index (κ1) is 37.3. The van der Waals surface area contributed by atoms with Gasteiger partial charge in [-0.3, -0.25) is 34.2 Å². The number of hydrogen-bond acceptors (Lipinski definition) is 8. The molecule has 4 aromatic rings. The van der Waals surface area contributed by atoms with E-state index in [0.717, 1.165) is 53.8 Å². The van der Waals surface area contributed by atoms with Crippen molar-refractivity contribution in [2.24, 2.45) is 16.7 Å². The summed E-state index contributed by atoms with van der Waals surface area (Å²) in [5, 5.41) is 16.8. The molecule has 3 aromatic carbocycles. The van der Waals surface area contributed by atoms with E-state index < -0.39 is 29.7 Å². The van der Waals surface area contributed by atoms with Crippen LogP contribution in [0.4, 0.5) is 5.69 Å². The van der Waals surface area contributed by atoms with Crippen LogP contribution in [0.1, 0.15) is 90.0 Å². The molecule has 5 amide bonds. The third-order valence-corrected chi connectivity index (χ3v) is 12.6. The summed E-state index contributed by atoms with van der Waals surface area (Å²) in [5.41, 5.74) is 1.89. The number of carbonyl (C=O) groups is 5. The number of anilines is 1. The van der Waals surface area contributed by atoms with E-state index >= 15 is 0 Å². The molecule has 56 heavy (non-hydrogen) atoms. The summed E-state index contributed by atoms with van der Waals surface area (Å²) in [6.45, 7) is 10.9. The molecule has 3 fully saturated rings. The summed E-state index contributed by atoms with van der Waals surface area (Å²) in [6, 6.07) is 17.2. The quantitative estimate of drug-likeness (QED) is 0.204. The van der Waals surface area contributed by atoms with E-state index in [0.29, 0.717) is 27.8 Å². The van der Waals surface area contributed by atoms with Crippen LogP contribution in [-0.2, 0) is 16.1 Å². The van der Waals surface area contributed by atoms with Gasteiger partial charge < -0.3 is 19.5 Å². The number of piperidine rings is 2. The fraction of sp³-hybridized carbons (Fsp3) is 0.395. The number of halogens is 1. The van der Waals surface area contributed by atoms with Gasteiger partial charge in [0.15, 0.2) is 0 Å². The molecule has 1 aliphatic carbocycles. The van der Waals surface area contributed by atoms with Crippen LogP contribution in [0.5, 0.6) is 5.75 Å². The maximum atomic E-state index is 13.5. The zero-order valence-electron chi connectivity index (χ0n) is 31.7. The minimum Gasteiger partial charge on any atom is -0.489 e. The van der Waals surface area contributed by atoms with Crippen molar-refractivity contribution in [3.8, 4) is 11.8 Å². The molecule has 0 spiro atoms. The number of fused-ring (bicyclic) bond motifs is 2. The van der Waals surface area contributed by atoms with Crippen molar-refractivity contribution in [2.75, 3.05) is 18.0 Å².